The quantitative estimate of drug-likeness (QED) is 0.335. The topological polar surface area (TPSA) is 0 Å². The minimum atomic E-state index is 0.919. The second kappa shape index (κ2) is 10.0. The Morgan fingerprint density at radius 3 is 2.06 bits per heavy atom. The smallest absolute Gasteiger partial charge is 0.0147 e. The Balaban J connectivity index is 1.97. The van der Waals surface area contributed by atoms with Crippen molar-refractivity contribution in [3.8, 4) is 0 Å². The van der Waals surface area contributed by atoms with Crippen molar-refractivity contribution in [3.05, 3.63) is 129 Å². The normalized spacial score (nSPS) is 11.5. The van der Waals surface area contributed by atoms with Gasteiger partial charge in [-0.15, -0.1) is 0 Å². The van der Waals surface area contributed by atoms with Crippen LogP contribution in [-0.4, -0.2) is 0 Å². The van der Waals surface area contributed by atoms with Crippen molar-refractivity contribution >= 4 is 11.1 Å². The van der Waals surface area contributed by atoms with Gasteiger partial charge in [0.2, 0.25) is 0 Å². The van der Waals surface area contributed by atoms with E-state index in [4.69, 9.17) is 0 Å². The van der Waals surface area contributed by atoms with Gasteiger partial charge in [0, 0.05) is 0 Å². The summed E-state index contributed by atoms with van der Waals surface area (Å²) in [6.07, 6.45) is 4.13. The van der Waals surface area contributed by atoms with Crippen LogP contribution >= 0.6 is 0 Å². The van der Waals surface area contributed by atoms with Gasteiger partial charge in [-0.2, -0.15) is 0 Å². The van der Waals surface area contributed by atoms with E-state index in [1.807, 2.05) is 0 Å². The van der Waals surface area contributed by atoms with E-state index in [0.717, 1.165) is 29.6 Å². The minimum absolute atomic E-state index is 0.919. The molecule has 0 N–H and O–H groups in total. The molecule has 0 radical (unpaired) electrons. The van der Waals surface area contributed by atoms with Crippen LogP contribution < -0.4 is 0 Å². The van der Waals surface area contributed by atoms with Crippen LogP contribution in [0.5, 0.6) is 0 Å². The van der Waals surface area contributed by atoms with Crippen molar-refractivity contribution in [2.24, 2.45) is 0 Å². The van der Waals surface area contributed by atoms with Crippen LogP contribution in [0.1, 0.15) is 56.5 Å². The standard InChI is InChI=1S/C32H36/c1-21-9-15-30(16-10-21)27(7)20-31(32-18-22(2)17-26(6)28(32)8)24(4)12-14-29-13-11-23(3)25(5)19-29/h9-11,13,15-20H,4,7,12,14H2,1-3,5-6,8H3/b31-20-. The molecule has 3 aromatic carbocycles. The molecule has 164 valence electrons. The zero-order valence-corrected chi connectivity index (χ0v) is 20.6. The molecule has 32 heavy (non-hydrogen) atoms. The molecule has 0 heterocycles. The molecule has 0 aliphatic heterocycles. The zero-order valence-electron chi connectivity index (χ0n) is 20.6. The molecule has 0 saturated carbocycles. The predicted octanol–water partition coefficient (Wildman–Crippen LogP) is 8.82. The van der Waals surface area contributed by atoms with Gasteiger partial charge in [-0.05, 0) is 116 Å². The number of allylic oxidation sites excluding steroid dienone is 4. The maximum Gasteiger partial charge on any atom is -0.0147 e. The molecule has 3 aromatic rings. The van der Waals surface area contributed by atoms with Crippen LogP contribution in [0.15, 0.2) is 79.4 Å². The summed E-state index contributed by atoms with van der Waals surface area (Å²) in [4.78, 5) is 0. The highest BCUT2D eigenvalue weighted by molar-refractivity contribution is 5.90. The highest BCUT2D eigenvalue weighted by Gasteiger charge is 2.13. The first-order chi connectivity index (χ1) is 15.2. The van der Waals surface area contributed by atoms with Gasteiger partial charge >= 0.3 is 0 Å². The third-order valence-electron chi connectivity index (χ3n) is 6.51. The number of hydrogen-bond acceptors (Lipinski definition) is 0. The van der Waals surface area contributed by atoms with E-state index in [1.165, 1.54) is 50.1 Å². The molecular formula is C32H36. The van der Waals surface area contributed by atoms with E-state index in [9.17, 15) is 0 Å². The Bertz CT molecular complexity index is 1180. The van der Waals surface area contributed by atoms with Crippen molar-refractivity contribution in [1.82, 2.24) is 0 Å². The average Bonchev–Trinajstić information content (AvgIpc) is 2.75. The molecule has 3 rings (SSSR count). The molecule has 0 nitrogen and oxygen atoms in total. The minimum Gasteiger partial charge on any atom is -0.0952 e. The zero-order chi connectivity index (χ0) is 23.4. The molecule has 0 amide bonds. The van der Waals surface area contributed by atoms with Crippen molar-refractivity contribution < 1.29 is 0 Å². The van der Waals surface area contributed by atoms with Crippen LogP contribution in [0.2, 0.25) is 0 Å². The molecule has 0 unspecified atom stereocenters. The molecule has 0 saturated heterocycles. The third kappa shape index (κ3) is 5.56. The molecule has 0 bridgehead atoms. The molecule has 0 aliphatic carbocycles. The van der Waals surface area contributed by atoms with E-state index in [0.29, 0.717) is 0 Å². The molecule has 0 aliphatic rings. The van der Waals surface area contributed by atoms with Gasteiger partial charge in [0.05, 0.1) is 0 Å². The second-order valence-electron chi connectivity index (χ2n) is 9.23. The fraction of sp³-hybridized carbons (Fsp3) is 0.250. The Labute approximate surface area is 195 Å². The Hall–Kier alpha value is -3.12. The second-order valence-corrected chi connectivity index (χ2v) is 9.23. The van der Waals surface area contributed by atoms with E-state index in [1.54, 1.807) is 0 Å². The molecule has 0 heteroatoms. The highest BCUT2D eigenvalue weighted by atomic mass is 14.2. The van der Waals surface area contributed by atoms with Gasteiger partial charge in [0.25, 0.3) is 0 Å². The molecule has 0 aromatic heterocycles. The van der Waals surface area contributed by atoms with Crippen molar-refractivity contribution in [2.75, 3.05) is 0 Å². The largest absolute Gasteiger partial charge is 0.0952 e. The van der Waals surface area contributed by atoms with Crippen LogP contribution in [0.25, 0.3) is 11.1 Å². The van der Waals surface area contributed by atoms with E-state index in [-0.39, 0.29) is 0 Å². The summed E-state index contributed by atoms with van der Waals surface area (Å²) in [5, 5.41) is 0. The lowest BCUT2D eigenvalue weighted by Crippen LogP contribution is -1.99. The van der Waals surface area contributed by atoms with Crippen LogP contribution in [-0.2, 0) is 6.42 Å². The lowest BCUT2D eigenvalue weighted by Gasteiger charge is -2.18. The van der Waals surface area contributed by atoms with Crippen LogP contribution in [0.3, 0.4) is 0 Å². The molecule has 0 fully saturated rings. The fourth-order valence-electron chi connectivity index (χ4n) is 4.10. The van der Waals surface area contributed by atoms with Gasteiger partial charge in [-0.1, -0.05) is 78.9 Å². The first kappa shape index (κ1) is 23.5. The van der Waals surface area contributed by atoms with Crippen molar-refractivity contribution in [3.63, 3.8) is 0 Å². The number of benzene rings is 3. The summed E-state index contributed by atoms with van der Waals surface area (Å²) in [7, 11) is 0. The highest BCUT2D eigenvalue weighted by Crippen LogP contribution is 2.33. The van der Waals surface area contributed by atoms with Gasteiger partial charge < -0.3 is 0 Å². The molecule has 0 spiro atoms. The average molecular weight is 421 g/mol. The van der Waals surface area contributed by atoms with E-state index in [2.05, 4.69) is 115 Å². The maximum atomic E-state index is 4.54. The number of hydrogen-bond donors (Lipinski definition) is 0. The molecule has 0 atom stereocenters. The lowest BCUT2D eigenvalue weighted by atomic mass is 9.87. The Morgan fingerprint density at radius 2 is 1.41 bits per heavy atom. The SMILES string of the molecule is C=C(CCc1ccc(C)c(C)c1)/C(=C/C(=C)c1ccc(C)cc1)c1cc(C)cc(C)c1C. The first-order valence-electron chi connectivity index (χ1n) is 11.5. The summed E-state index contributed by atoms with van der Waals surface area (Å²) in [6.45, 7) is 22.0. The first-order valence-corrected chi connectivity index (χ1v) is 11.5. The van der Waals surface area contributed by atoms with E-state index >= 15 is 0 Å². The summed E-state index contributed by atoms with van der Waals surface area (Å²) in [5.41, 5.74) is 15.0. The van der Waals surface area contributed by atoms with Gasteiger partial charge in [-0.3, -0.25) is 0 Å². The summed E-state index contributed by atoms with van der Waals surface area (Å²) < 4.78 is 0. The summed E-state index contributed by atoms with van der Waals surface area (Å²) in [5.74, 6) is 0. The fourth-order valence-corrected chi connectivity index (χ4v) is 4.10. The maximum absolute atomic E-state index is 4.54. The van der Waals surface area contributed by atoms with Crippen molar-refractivity contribution in [1.29, 1.82) is 0 Å². The van der Waals surface area contributed by atoms with Gasteiger partial charge in [-0.25, -0.2) is 0 Å². The Morgan fingerprint density at radius 1 is 0.719 bits per heavy atom. The predicted molar refractivity (Wildman–Crippen MR) is 142 cm³/mol. The van der Waals surface area contributed by atoms with Crippen LogP contribution in [0.4, 0.5) is 0 Å². The van der Waals surface area contributed by atoms with Crippen LogP contribution in [0, 0.1) is 41.5 Å². The summed E-state index contributed by atoms with van der Waals surface area (Å²) >= 11 is 0. The monoisotopic (exact) mass is 420 g/mol. The Kier molecular flexibility index (Phi) is 7.36. The molecular weight excluding hydrogens is 384 g/mol. The van der Waals surface area contributed by atoms with E-state index < -0.39 is 0 Å². The number of aryl methyl sites for hydroxylation is 6. The van der Waals surface area contributed by atoms with Crippen molar-refractivity contribution in [2.45, 2.75) is 54.4 Å². The summed E-state index contributed by atoms with van der Waals surface area (Å²) in [6, 6.07) is 19.9. The lowest BCUT2D eigenvalue weighted by molar-refractivity contribution is 0.968. The van der Waals surface area contributed by atoms with Gasteiger partial charge in [0.1, 0.15) is 0 Å². The number of rotatable bonds is 7. The van der Waals surface area contributed by atoms with Gasteiger partial charge in [0.15, 0.2) is 0 Å². The third-order valence-corrected chi connectivity index (χ3v) is 6.51.